The summed E-state index contributed by atoms with van der Waals surface area (Å²) in [5.41, 5.74) is 1.47. The molecular formula is C33H39N3O6. The molecule has 222 valence electrons. The van der Waals surface area contributed by atoms with E-state index in [-0.39, 0.29) is 43.3 Å². The lowest BCUT2D eigenvalue weighted by Crippen LogP contribution is -2.48. The molecular weight excluding hydrogens is 534 g/mol. The van der Waals surface area contributed by atoms with Crippen LogP contribution in [0.2, 0.25) is 0 Å². The van der Waals surface area contributed by atoms with Gasteiger partial charge in [0, 0.05) is 49.1 Å². The van der Waals surface area contributed by atoms with Crippen molar-refractivity contribution >= 4 is 29.1 Å². The largest absolute Gasteiger partial charge is 0.394 e. The first-order valence-electron chi connectivity index (χ1n) is 14.8. The number of rotatable bonds is 7. The van der Waals surface area contributed by atoms with Crippen LogP contribution >= 0.6 is 0 Å². The average Bonchev–Trinajstić information content (AvgIpc) is 3.37. The van der Waals surface area contributed by atoms with E-state index >= 15 is 0 Å². The second kappa shape index (κ2) is 10.3. The molecule has 4 heterocycles. The van der Waals surface area contributed by atoms with Crippen LogP contribution in [0.25, 0.3) is 0 Å². The lowest BCUT2D eigenvalue weighted by molar-refractivity contribution is -0.151. The number of aliphatic hydroxyl groups excluding tert-OH is 1. The van der Waals surface area contributed by atoms with Crippen LogP contribution < -0.4 is 9.80 Å². The standard InChI is InChI=1S/C33H39N3O6/c1-5-13-35-26-11-10-23(34-14-12-28(34)38)16-25(26)33(31(35)40)20(2)30(32(3,4)41)27(42-33)17-29(39)36-18-22-9-7-6-8-21(22)15-24(36)19-37/h5-11,16,20,24,27,30,37,41H,1,12-15,17-19H2,2-4H3/t20-,24+,27+,30-,33+/m1/s1. The number of ether oxygens (including phenoxy) is 1. The van der Waals surface area contributed by atoms with Crippen LogP contribution in [0.4, 0.5) is 11.4 Å². The van der Waals surface area contributed by atoms with Gasteiger partial charge in [0.2, 0.25) is 11.8 Å². The number of carbonyl (C=O) groups excluding carboxylic acids is 3. The zero-order chi connectivity index (χ0) is 30.0. The Morgan fingerprint density at radius 2 is 1.93 bits per heavy atom. The molecule has 2 aromatic carbocycles. The van der Waals surface area contributed by atoms with Crippen molar-refractivity contribution in [3.8, 4) is 0 Å². The van der Waals surface area contributed by atoms with Crippen LogP contribution in [0.1, 0.15) is 50.3 Å². The maximum atomic E-state index is 14.3. The smallest absolute Gasteiger partial charge is 0.264 e. The summed E-state index contributed by atoms with van der Waals surface area (Å²) < 4.78 is 6.79. The minimum absolute atomic E-state index is 0.0241. The van der Waals surface area contributed by atoms with Crippen LogP contribution in [0.5, 0.6) is 0 Å². The molecule has 6 rings (SSSR count). The highest BCUT2D eigenvalue weighted by atomic mass is 16.5. The van der Waals surface area contributed by atoms with Crippen molar-refractivity contribution in [3.05, 3.63) is 71.8 Å². The maximum Gasteiger partial charge on any atom is 0.264 e. The van der Waals surface area contributed by atoms with E-state index < -0.39 is 29.1 Å². The van der Waals surface area contributed by atoms with Gasteiger partial charge < -0.3 is 29.6 Å². The molecule has 2 saturated heterocycles. The third-order valence-electron chi connectivity index (χ3n) is 9.70. The summed E-state index contributed by atoms with van der Waals surface area (Å²) in [5.74, 6) is -1.48. The van der Waals surface area contributed by atoms with Crippen molar-refractivity contribution < 1.29 is 29.3 Å². The van der Waals surface area contributed by atoms with E-state index in [1.54, 1.807) is 34.6 Å². The zero-order valence-electron chi connectivity index (χ0n) is 24.5. The van der Waals surface area contributed by atoms with Gasteiger partial charge in [-0.25, -0.2) is 0 Å². The number of hydrogen-bond acceptors (Lipinski definition) is 6. The molecule has 0 aromatic heterocycles. The van der Waals surface area contributed by atoms with Gasteiger partial charge in [-0.15, -0.1) is 6.58 Å². The Morgan fingerprint density at radius 1 is 1.19 bits per heavy atom. The number of fused-ring (bicyclic) bond motifs is 3. The van der Waals surface area contributed by atoms with Crippen molar-refractivity contribution in [1.29, 1.82) is 0 Å². The van der Waals surface area contributed by atoms with E-state index in [1.807, 2.05) is 49.4 Å². The van der Waals surface area contributed by atoms with Gasteiger partial charge in [0.25, 0.3) is 5.91 Å². The second-order valence-electron chi connectivity index (χ2n) is 12.6. The van der Waals surface area contributed by atoms with Gasteiger partial charge in [-0.1, -0.05) is 37.3 Å². The van der Waals surface area contributed by atoms with Crippen molar-refractivity contribution in [2.45, 2.75) is 69.9 Å². The lowest BCUT2D eigenvalue weighted by atomic mass is 9.70. The quantitative estimate of drug-likeness (QED) is 0.389. The predicted molar refractivity (Wildman–Crippen MR) is 158 cm³/mol. The van der Waals surface area contributed by atoms with E-state index in [1.165, 1.54) is 0 Å². The fourth-order valence-corrected chi connectivity index (χ4v) is 7.66. The minimum atomic E-state index is -1.44. The number of anilines is 2. The van der Waals surface area contributed by atoms with Gasteiger partial charge in [-0.05, 0) is 49.6 Å². The SMILES string of the molecule is C=CCN1C(=O)[C@@]2(O[C@@H](CC(=O)N3Cc4ccccc4C[C@H]3CO)[C@H](C(C)(C)O)[C@H]2C)c2cc(N3CCC3=O)ccc21. The number of hydrogen-bond donors (Lipinski definition) is 2. The monoisotopic (exact) mass is 573 g/mol. The first-order valence-corrected chi connectivity index (χ1v) is 14.8. The molecule has 1 spiro atoms. The van der Waals surface area contributed by atoms with Gasteiger partial charge in [0.1, 0.15) is 0 Å². The van der Waals surface area contributed by atoms with E-state index in [0.717, 1.165) is 11.1 Å². The molecule has 2 fully saturated rings. The summed E-state index contributed by atoms with van der Waals surface area (Å²) in [6.45, 7) is 10.2. The number of aliphatic hydroxyl groups is 2. The van der Waals surface area contributed by atoms with Gasteiger partial charge in [-0.2, -0.15) is 0 Å². The van der Waals surface area contributed by atoms with Gasteiger partial charge in [0.05, 0.1) is 36.5 Å². The molecule has 2 N–H and O–H groups in total. The summed E-state index contributed by atoms with van der Waals surface area (Å²) in [7, 11) is 0. The Morgan fingerprint density at radius 3 is 2.55 bits per heavy atom. The maximum absolute atomic E-state index is 14.3. The molecule has 3 amide bonds. The van der Waals surface area contributed by atoms with Crippen LogP contribution in [0.15, 0.2) is 55.1 Å². The molecule has 4 aliphatic heterocycles. The van der Waals surface area contributed by atoms with E-state index in [4.69, 9.17) is 4.74 Å². The normalized spacial score (nSPS) is 28.6. The highest BCUT2D eigenvalue weighted by molar-refractivity contribution is 6.09. The van der Waals surface area contributed by atoms with Crippen molar-refractivity contribution in [2.75, 3.05) is 29.5 Å². The zero-order valence-corrected chi connectivity index (χ0v) is 24.5. The summed E-state index contributed by atoms with van der Waals surface area (Å²) in [6, 6.07) is 13.1. The number of carbonyl (C=O) groups is 3. The van der Waals surface area contributed by atoms with Gasteiger partial charge in [-0.3, -0.25) is 14.4 Å². The van der Waals surface area contributed by atoms with Gasteiger partial charge in [0.15, 0.2) is 5.60 Å². The Kier molecular flexibility index (Phi) is 7.03. The lowest BCUT2D eigenvalue weighted by Gasteiger charge is -2.38. The summed E-state index contributed by atoms with van der Waals surface area (Å²) >= 11 is 0. The predicted octanol–water partition coefficient (Wildman–Crippen LogP) is 2.91. The third-order valence-corrected chi connectivity index (χ3v) is 9.70. The first-order chi connectivity index (χ1) is 20.0. The Bertz CT molecular complexity index is 1450. The van der Waals surface area contributed by atoms with Crippen molar-refractivity contribution in [3.63, 3.8) is 0 Å². The molecule has 9 nitrogen and oxygen atoms in total. The van der Waals surface area contributed by atoms with Crippen LogP contribution in [-0.4, -0.2) is 70.3 Å². The second-order valence-corrected chi connectivity index (χ2v) is 12.6. The van der Waals surface area contributed by atoms with Gasteiger partial charge >= 0.3 is 0 Å². The van der Waals surface area contributed by atoms with Crippen LogP contribution in [0.3, 0.4) is 0 Å². The Balaban J connectivity index is 1.37. The molecule has 0 radical (unpaired) electrons. The average molecular weight is 574 g/mol. The molecule has 0 saturated carbocycles. The van der Waals surface area contributed by atoms with E-state index in [2.05, 4.69) is 6.58 Å². The highest BCUT2D eigenvalue weighted by Crippen LogP contribution is 2.58. The van der Waals surface area contributed by atoms with Crippen LogP contribution in [0, 0.1) is 11.8 Å². The van der Waals surface area contributed by atoms with Crippen molar-refractivity contribution in [2.24, 2.45) is 11.8 Å². The number of amides is 3. The molecule has 5 atom stereocenters. The number of β-lactam (4-membered cyclic amide) rings is 1. The molecule has 2 aromatic rings. The number of benzene rings is 2. The molecule has 42 heavy (non-hydrogen) atoms. The molecule has 4 aliphatic rings. The number of nitrogens with zero attached hydrogens (tertiary/aromatic N) is 3. The first kappa shape index (κ1) is 28.6. The topological polar surface area (TPSA) is 111 Å². The van der Waals surface area contributed by atoms with E-state index in [9.17, 15) is 24.6 Å². The molecule has 0 unspecified atom stereocenters. The summed E-state index contributed by atoms with van der Waals surface area (Å²) in [6.07, 6.45) is 1.88. The highest BCUT2D eigenvalue weighted by Gasteiger charge is 2.66. The summed E-state index contributed by atoms with van der Waals surface area (Å²) in [4.78, 5) is 45.6. The third kappa shape index (κ3) is 4.29. The van der Waals surface area contributed by atoms with Crippen molar-refractivity contribution in [1.82, 2.24) is 4.90 Å². The Labute approximate surface area is 246 Å². The van der Waals surface area contributed by atoms with E-state index in [0.29, 0.717) is 42.9 Å². The summed E-state index contributed by atoms with van der Waals surface area (Å²) in [5, 5.41) is 21.6. The molecule has 0 aliphatic carbocycles. The molecule has 0 bridgehead atoms. The minimum Gasteiger partial charge on any atom is -0.394 e. The fourth-order valence-electron chi connectivity index (χ4n) is 7.66. The molecule has 9 heteroatoms. The Hall–Kier alpha value is -3.53. The fraction of sp³-hybridized carbons (Fsp3) is 0.485. The van der Waals surface area contributed by atoms with Crippen LogP contribution in [-0.2, 0) is 37.7 Å².